The third kappa shape index (κ3) is 6.39. The van der Waals surface area contributed by atoms with Crippen LogP contribution < -0.4 is 10.6 Å². The van der Waals surface area contributed by atoms with E-state index in [1.807, 2.05) is 0 Å². The highest BCUT2D eigenvalue weighted by atomic mass is 35.5. The average molecular weight is 556 g/mol. The van der Waals surface area contributed by atoms with E-state index in [4.69, 9.17) is 11.6 Å². The lowest BCUT2D eigenvalue weighted by Gasteiger charge is -2.29. The normalized spacial score (nSPS) is 13.1. The molecule has 2 amide bonds. The smallest absolute Gasteiger partial charge is 0.335 e. The van der Waals surface area contributed by atoms with Crippen LogP contribution in [0.25, 0.3) is 0 Å². The van der Waals surface area contributed by atoms with E-state index in [9.17, 15) is 19.5 Å². The lowest BCUT2D eigenvalue weighted by atomic mass is 10.1. The average Bonchev–Trinajstić information content (AvgIpc) is 3.43. The van der Waals surface area contributed by atoms with Crippen molar-refractivity contribution in [3.63, 3.8) is 0 Å². The second-order valence-corrected chi connectivity index (χ2v) is 10.9. The number of nitrogens with zero attached hydrogens (tertiary/aromatic N) is 2. The van der Waals surface area contributed by atoms with Crippen LogP contribution in [0, 0.1) is 0 Å². The molecule has 0 saturated carbocycles. The number of hydrogen-bond donors (Lipinski definition) is 3. The number of aromatic nitrogens is 1. The molecule has 3 aromatic rings. The summed E-state index contributed by atoms with van der Waals surface area (Å²) in [4.78, 5) is 45.3. The predicted molar refractivity (Wildman–Crippen MR) is 140 cm³/mol. The summed E-state index contributed by atoms with van der Waals surface area (Å²) in [5, 5.41) is 15.3. The van der Waals surface area contributed by atoms with Crippen LogP contribution in [0.4, 0.5) is 5.69 Å². The summed E-state index contributed by atoms with van der Waals surface area (Å²) in [7, 11) is 0. The number of hydrogen-bond acceptors (Lipinski definition) is 7. The highest BCUT2D eigenvalue weighted by Gasteiger charge is 2.25. The summed E-state index contributed by atoms with van der Waals surface area (Å²) >= 11 is 8.41. The Morgan fingerprint density at radius 2 is 1.94 bits per heavy atom. The summed E-state index contributed by atoms with van der Waals surface area (Å²) in [6.07, 6.45) is 0.788. The van der Waals surface area contributed by atoms with Crippen LogP contribution in [-0.4, -0.2) is 45.4 Å². The summed E-state index contributed by atoms with van der Waals surface area (Å²) < 4.78 is 0.506. The van der Waals surface area contributed by atoms with E-state index in [-0.39, 0.29) is 30.4 Å². The number of carboxylic acid groups (broad SMARTS) is 1. The van der Waals surface area contributed by atoms with Gasteiger partial charge in [0.25, 0.3) is 11.8 Å². The summed E-state index contributed by atoms with van der Waals surface area (Å²) in [6, 6.07) is 8.08. The summed E-state index contributed by atoms with van der Waals surface area (Å²) in [6.45, 7) is 6.04. The molecule has 0 bridgehead atoms. The van der Waals surface area contributed by atoms with E-state index in [0.29, 0.717) is 31.5 Å². The van der Waals surface area contributed by atoms with E-state index in [1.54, 1.807) is 18.2 Å². The zero-order chi connectivity index (χ0) is 24.4. The maximum atomic E-state index is 13.0. The lowest BCUT2D eigenvalue weighted by molar-refractivity contribution is 0.0696. The minimum Gasteiger partial charge on any atom is -0.478 e. The van der Waals surface area contributed by atoms with Crippen molar-refractivity contribution in [3.8, 4) is 0 Å². The Kier molecular flexibility index (Phi) is 8.89. The Morgan fingerprint density at radius 1 is 1.17 bits per heavy atom. The quantitative estimate of drug-likeness (QED) is 0.382. The van der Waals surface area contributed by atoms with Crippen LogP contribution in [0.15, 0.2) is 30.3 Å². The number of anilines is 1. The van der Waals surface area contributed by atoms with E-state index < -0.39 is 11.9 Å². The van der Waals surface area contributed by atoms with Gasteiger partial charge in [-0.3, -0.25) is 14.5 Å². The van der Waals surface area contributed by atoms with E-state index in [1.165, 1.54) is 23.5 Å². The van der Waals surface area contributed by atoms with Crippen LogP contribution in [0.5, 0.6) is 0 Å². The largest absolute Gasteiger partial charge is 0.478 e. The number of thiophene rings is 1. The Balaban J connectivity index is 0.00000342. The van der Waals surface area contributed by atoms with Crippen molar-refractivity contribution in [2.24, 2.45) is 0 Å². The molecule has 0 saturated heterocycles. The third-order valence-corrected chi connectivity index (χ3v) is 7.84. The standard InChI is InChI=1S/C23H23ClN4O4S2.ClH/c1-12(2)28-8-7-15-18(11-28)34-22(27-15)21(30)26-16-9-13(23(31)32)3-4-14(16)10-25-20(29)17-5-6-19(24)33-17;/h3-6,9,12H,7-8,10-11H2,1-2H3,(H,25,29)(H,26,30)(H,31,32);1H. The van der Waals surface area contributed by atoms with Gasteiger partial charge in [0.2, 0.25) is 0 Å². The van der Waals surface area contributed by atoms with Gasteiger partial charge >= 0.3 is 5.97 Å². The zero-order valence-corrected chi connectivity index (χ0v) is 22.2. The number of aromatic carboxylic acids is 1. The van der Waals surface area contributed by atoms with Gasteiger partial charge in [-0.2, -0.15) is 0 Å². The number of nitrogens with one attached hydrogen (secondary N) is 2. The first-order chi connectivity index (χ1) is 16.2. The first-order valence-electron chi connectivity index (χ1n) is 10.6. The zero-order valence-electron chi connectivity index (χ0n) is 19.0. The molecule has 12 heteroatoms. The van der Waals surface area contributed by atoms with Crippen molar-refractivity contribution in [2.75, 3.05) is 11.9 Å². The van der Waals surface area contributed by atoms with Crippen molar-refractivity contribution in [3.05, 3.63) is 66.3 Å². The molecule has 4 rings (SSSR count). The van der Waals surface area contributed by atoms with Gasteiger partial charge < -0.3 is 15.7 Å². The fourth-order valence-corrected chi connectivity index (χ4v) is 5.60. The second kappa shape index (κ2) is 11.5. The Bertz CT molecular complexity index is 1260. The van der Waals surface area contributed by atoms with Crippen molar-refractivity contribution in [1.29, 1.82) is 0 Å². The van der Waals surface area contributed by atoms with Gasteiger partial charge in [0.05, 0.1) is 20.5 Å². The van der Waals surface area contributed by atoms with E-state index >= 15 is 0 Å². The number of rotatable bonds is 7. The molecule has 0 atom stereocenters. The van der Waals surface area contributed by atoms with Gasteiger partial charge in [-0.1, -0.05) is 17.7 Å². The van der Waals surface area contributed by atoms with Gasteiger partial charge in [0.15, 0.2) is 5.01 Å². The second-order valence-electron chi connectivity index (χ2n) is 8.12. The fraction of sp³-hybridized carbons (Fsp3) is 0.304. The number of fused-ring (bicyclic) bond motifs is 1. The van der Waals surface area contributed by atoms with Crippen LogP contribution in [-0.2, 0) is 19.5 Å². The van der Waals surface area contributed by atoms with Gasteiger partial charge in [-0.05, 0) is 43.7 Å². The summed E-state index contributed by atoms with van der Waals surface area (Å²) in [5.41, 5.74) is 1.85. The van der Waals surface area contributed by atoms with E-state index in [2.05, 4.69) is 34.4 Å². The molecule has 1 aliphatic heterocycles. The predicted octanol–water partition coefficient (Wildman–Crippen LogP) is 4.93. The maximum absolute atomic E-state index is 13.0. The molecule has 1 aliphatic rings. The first kappa shape index (κ1) is 27.1. The molecular weight excluding hydrogens is 531 g/mol. The number of amides is 2. The molecule has 8 nitrogen and oxygen atoms in total. The van der Waals surface area contributed by atoms with Gasteiger partial charge in [0.1, 0.15) is 0 Å². The number of carbonyl (C=O) groups excluding carboxylic acids is 2. The maximum Gasteiger partial charge on any atom is 0.335 e. The van der Waals surface area contributed by atoms with E-state index in [0.717, 1.165) is 41.4 Å². The molecule has 35 heavy (non-hydrogen) atoms. The molecule has 2 aromatic heterocycles. The summed E-state index contributed by atoms with van der Waals surface area (Å²) in [5.74, 6) is -1.83. The lowest BCUT2D eigenvalue weighted by Crippen LogP contribution is -2.35. The Labute approximate surface area is 221 Å². The minimum atomic E-state index is -1.11. The number of halogens is 2. The molecule has 0 radical (unpaired) electrons. The van der Waals surface area contributed by atoms with Crippen molar-refractivity contribution in [2.45, 2.75) is 39.4 Å². The number of thiazole rings is 1. The third-order valence-electron chi connectivity index (χ3n) is 5.53. The molecule has 0 fully saturated rings. The molecule has 186 valence electrons. The number of carbonyl (C=O) groups is 3. The Hall–Kier alpha value is -2.50. The molecule has 0 unspecified atom stereocenters. The molecule has 3 heterocycles. The molecule has 0 aliphatic carbocycles. The Morgan fingerprint density at radius 3 is 2.60 bits per heavy atom. The first-order valence-corrected chi connectivity index (χ1v) is 12.7. The van der Waals surface area contributed by atoms with Crippen molar-refractivity contribution < 1.29 is 19.5 Å². The van der Waals surface area contributed by atoms with Gasteiger partial charge in [-0.15, -0.1) is 35.1 Å². The minimum absolute atomic E-state index is 0. The molecule has 0 spiro atoms. The van der Waals surface area contributed by atoms with Gasteiger partial charge in [-0.25, -0.2) is 9.78 Å². The van der Waals surface area contributed by atoms with Crippen LogP contribution in [0.1, 0.15) is 59.8 Å². The van der Waals surface area contributed by atoms with Crippen molar-refractivity contribution >= 4 is 70.2 Å². The number of benzene rings is 1. The SMILES string of the molecule is CC(C)N1CCc2nc(C(=O)Nc3cc(C(=O)O)ccc3CNC(=O)c3ccc(Cl)s3)sc2C1.Cl. The highest BCUT2D eigenvalue weighted by Crippen LogP contribution is 2.28. The fourth-order valence-electron chi connectivity index (χ4n) is 3.61. The van der Waals surface area contributed by atoms with Crippen LogP contribution in [0.3, 0.4) is 0 Å². The van der Waals surface area contributed by atoms with Gasteiger partial charge in [0, 0.05) is 42.7 Å². The topological polar surface area (TPSA) is 112 Å². The monoisotopic (exact) mass is 554 g/mol. The molecule has 3 N–H and O–H groups in total. The highest BCUT2D eigenvalue weighted by molar-refractivity contribution is 7.18. The van der Waals surface area contributed by atoms with Crippen molar-refractivity contribution in [1.82, 2.24) is 15.2 Å². The molecular formula is C23H24Cl2N4O4S2. The number of carboxylic acids is 1. The van der Waals surface area contributed by atoms with Crippen LogP contribution in [0.2, 0.25) is 4.34 Å². The van der Waals surface area contributed by atoms with Crippen LogP contribution >= 0.6 is 46.7 Å². The molecule has 1 aromatic carbocycles.